The summed E-state index contributed by atoms with van der Waals surface area (Å²) >= 11 is 0. The molecule has 0 aliphatic heterocycles. The molecule has 1 N–H and O–H groups in total. The van der Waals surface area contributed by atoms with E-state index >= 15 is 0 Å². The molecule has 0 heterocycles. The van der Waals surface area contributed by atoms with Crippen LogP contribution in [0.15, 0.2) is 0 Å². The molecule has 2 nitrogen and oxygen atoms in total. The summed E-state index contributed by atoms with van der Waals surface area (Å²) in [6, 6.07) is 0.714. The van der Waals surface area contributed by atoms with Crippen molar-refractivity contribution < 1.29 is 0 Å². The van der Waals surface area contributed by atoms with Crippen LogP contribution in [0.4, 0.5) is 0 Å². The monoisotopic (exact) mass is 186 g/mol. The molecule has 0 saturated heterocycles. The van der Waals surface area contributed by atoms with E-state index in [2.05, 4.69) is 38.0 Å². The third-order valence-electron chi connectivity index (χ3n) is 2.61. The van der Waals surface area contributed by atoms with Crippen molar-refractivity contribution in [3.8, 4) is 0 Å². The van der Waals surface area contributed by atoms with Crippen molar-refractivity contribution in [3.63, 3.8) is 0 Å². The number of unbranched alkanes of at least 4 members (excludes halogenated alkanes) is 1. The molecule has 80 valence electrons. The van der Waals surface area contributed by atoms with Gasteiger partial charge in [-0.1, -0.05) is 20.3 Å². The first-order valence-electron chi connectivity index (χ1n) is 5.63. The molecule has 0 spiro atoms. The van der Waals surface area contributed by atoms with Gasteiger partial charge in [-0.25, -0.2) is 0 Å². The number of nitrogens with zero attached hydrogens (tertiary/aromatic N) is 1. The van der Waals surface area contributed by atoms with Gasteiger partial charge < -0.3 is 10.2 Å². The number of hydrogen-bond acceptors (Lipinski definition) is 2. The first-order chi connectivity index (χ1) is 6.22. The molecule has 0 saturated carbocycles. The van der Waals surface area contributed by atoms with Crippen LogP contribution in [0.3, 0.4) is 0 Å². The maximum Gasteiger partial charge on any atom is 0.00759 e. The van der Waals surface area contributed by atoms with Gasteiger partial charge in [0.15, 0.2) is 0 Å². The fourth-order valence-electron chi connectivity index (χ4n) is 1.34. The van der Waals surface area contributed by atoms with E-state index in [1.54, 1.807) is 0 Å². The van der Waals surface area contributed by atoms with Crippen LogP contribution in [0, 0.1) is 0 Å². The molecule has 1 unspecified atom stereocenters. The van der Waals surface area contributed by atoms with Crippen molar-refractivity contribution in [2.45, 2.75) is 46.1 Å². The second-order valence-corrected chi connectivity index (χ2v) is 3.83. The highest BCUT2D eigenvalue weighted by Gasteiger charge is 2.06. The van der Waals surface area contributed by atoms with Gasteiger partial charge in [0.25, 0.3) is 0 Å². The quantitative estimate of drug-likeness (QED) is 0.584. The summed E-state index contributed by atoms with van der Waals surface area (Å²) in [5.41, 5.74) is 0. The highest BCUT2D eigenvalue weighted by molar-refractivity contribution is 4.64. The Bertz CT molecular complexity index is 104. The molecule has 2 heteroatoms. The van der Waals surface area contributed by atoms with E-state index in [-0.39, 0.29) is 0 Å². The van der Waals surface area contributed by atoms with Gasteiger partial charge >= 0.3 is 0 Å². The maximum absolute atomic E-state index is 3.36. The average Bonchev–Trinajstić information content (AvgIpc) is 2.14. The van der Waals surface area contributed by atoms with E-state index in [9.17, 15) is 0 Å². The number of rotatable bonds is 8. The van der Waals surface area contributed by atoms with Gasteiger partial charge in [0.1, 0.15) is 0 Å². The van der Waals surface area contributed by atoms with Gasteiger partial charge in [-0.15, -0.1) is 0 Å². The predicted molar refractivity (Wildman–Crippen MR) is 60.2 cm³/mol. The summed E-state index contributed by atoms with van der Waals surface area (Å²) < 4.78 is 0. The molecular formula is C11H26N2. The van der Waals surface area contributed by atoms with E-state index in [0.29, 0.717) is 6.04 Å². The van der Waals surface area contributed by atoms with Gasteiger partial charge in [-0.05, 0) is 46.4 Å². The first-order valence-corrected chi connectivity index (χ1v) is 5.63. The number of hydrogen-bond donors (Lipinski definition) is 1. The lowest BCUT2D eigenvalue weighted by molar-refractivity contribution is 0.241. The summed E-state index contributed by atoms with van der Waals surface area (Å²) in [5, 5.41) is 3.36. The molecule has 0 aliphatic carbocycles. The van der Waals surface area contributed by atoms with Crippen LogP contribution < -0.4 is 5.32 Å². The van der Waals surface area contributed by atoms with Crippen molar-refractivity contribution >= 4 is 0 Å². The zero-order valence-corrected chi connectivity index (χ0v) is 9.77. The molecular weight excluding hydrogens is 160 g/mol. The minimum Gasteiger partial charge on any atom is -0.317 e. The van der Waals surface area contributed by atoms with Gasteiger partial charge in [0.05, 0.1) is 0 Å². The second-order valence-electron chi connectivity index (χ2n) is 3.83. The number of nitrogens with one attached hydrogen (secondary N) is 1. The molecule has 1 atom stereocenters. The molecule has 0 radical (unpaired) electrons. The summed E-state index contributed by atoms with van der Waals surface area (Å²) in [6.45, 7) is 10.2. The van der Waals surface area contributed by atoms with Gasteiger partial charge in [0, 0.05) is 6.04 Å². The Morgan fingerprint density at radius 1 is 1.31 bits per heavy atom. The molecule has 0 aliphatic rings. The Balaban J connectivity index is 3.38. The van der Waals surface area contributed by atoms with E-state index < -0.39 is 0 Å². The maximum atomic E-state index is 3.36. The van der Waals surface area contributed by atoms with Crippen molar-refractivity contribution in [2.75, 3.05) is 26.7 Å². The SMILES string of the molecule is CCCCN(C)C(C)CCNCC. The van der Waals surface area contributed by atoms with E-state index in [4.69, 9.17) is 0 Å². The van der Waals surface area contributed by atoms with Gasteiger partial charge in [0.2, 0.25) is 0 Å². The van der Waals surface area contributed by atoms with Crippen LogP contribution in [0.5, 0.6) is 0 Å². The third-order valence-corrected chi connectivity index (χ3v) is 2.61. The third kappa shape index (κ3) is 7.03. The van der Waals surface area contributed by atoms with Crippen LogP contribution >= 0.6 is 0 Å². The Hall–Kier alpha value is -0.0800. The predicted octanol–water partition coefficient (Wildman–Crippen LogP) is 2.11. The highest BCUT2D eigenvalue weighted by atomic mass is 15.1. The molecule has 0 fully saturated rings. The van der Waals surface area contributed by atoms with Gasteiger partial charge in [-0.2, -0.15) is 0 Å². The lowest BCUT2D eigenvalue weighted by atomic mass is 10.2. The molecule has 0 aromatic heterocycles. The van der Waals surface area contributed by atoms with Crippen molar-refractivity contribution in [3.05, 3.63) is 0 Å². The summed E-state index contributed by atoms with van der Waals surface area (Å²) in [4.78, 5) is 2.46. The molecule has 0 aromatic rings. The van der Waals surface area contributed by atoms with Crippen LogP contribution in [-0.2, 0) is 0 Å². The fraction of sp³-hybridized carbons (Fsp3) is 1.00. The summed E-state index contributed by atoms with van der Waals surface area (Å²) in [6.07, 6.45) is 3.88. The highest BCUT2D eigenvalue weighted by Crippen LogP contribution is 2.01. The van der Waals surface area contributed by atoms with E-state index in [1.807, 2.05) is 0 Å². The molecule has 0 aromatic carbocycles. The van der Waals surface area contributed by atoms with Crippen LogP contribution in [0.1, 0.15) is 40.0 Å². The molecule has 0 amide bonds. The molecule has 13 heavy (non-hydrogen) atoms. The zero-order chi connectivity index (χ0) is 10.1. The Kier molecular flexibility index (Phi) is 8.46. The Labute approximate surface area is 83.7 Å². The van der Waals surface area contributed by atoms with Crippen LogP contribution in [0.25, 0.3) is 0 Å². The lowest BCUT2D eigenvalue weighted by Gasteiger charge is -2.24. The Morgan fingerprint density at radius 3 is 2.54 bits per heavy atom. The van der Waals surface area contributed by atoms with E-state index in [0.717, 1.165) is 13.1 Å². The standard InChI is InChI=1S/C11H26N2/c1-5-7-10-13(4)11(3)8-9-12-6-2/h11-12H,5-10H2,1-4H3. The van der Waals surface area contributed by atoms with E-state index in [1.165, 1.54) is 25.8 Å². The smallest absolute Gasteiger partial charge is 0.00759 e. The molecule has 0 bridgehead atoms. The average molecular weight is 186 g/mol. The van der Waals surface area contributed by atoms with Crippen LogP contribution in [-0.4, -0.2) is 37.6 Å². The second kappa shape index (κ2) is 8.52. The normalized spacial score (nSPS) is 13.6. The van der Waals surface area contributed by atoms with Crippen molar-refractivity contribution in [1.82, 2.24) is 10.2 Å². The Morgan fingerprint density at radius 2 is 2.00 bits per heavy atom. The fourth-order valence-corrected chi connectivity index (χ4v) is 1.34. The first kappa shape index (κ1) is 12.9. The summed E-state index contributed by atoms with van der Waals surface area (Å²) in [7, 11) is 2.23. The largest absolute Gasteiger partial charge is 0.317 e. The van der Waals surface area contributed by atoms with Gasteiger partial charge in [-0.3, -0.25) is 0 Å². The van der Waals surface area contributed by atoms with Crippen molar-refractivity contribution in [2.24, 2.45) is 0 Å². The zero-order valence-electron chi connectivity index (χ0n) is 9.77. The van der Waals surface area contributed by atoms with Crippen molar-refractivity contribution in [1.29, 1.82) is 0 Å². The topological polar surface area (TPSA) is 15.3 Å². The minimum absolute atomic E-state index is 0.714. The van der Waals surface area contributed by atoms with Crippen LogP contribution in [0.2, 0.25) is 0 Å². The minimum atomic E-state index is 0.714. The summed E-state index contributed by atoms with van der Waals surface area (Å²) in [5.74, 6) is 0. The molecule has 0 rings (SSSR count). The lowest BCUT2D eigenvalue weighted by Crippen LogP contribution is -2.32.